The van der Waals surface area contributed by atoms with E-state index in [-0.39, 0.29) is 25.0 Å². The van der Waals surface area contributed by atoms with Crippen molar-refractivity contribution in [1.82, 2.24) is 35.6 Å². The van der Waals surface area contributed by atoms with Gasteiger partial charge in [-0.1, -0.05) is 26.3 Å². The van der Waals surface area contributed by atoms with Gasteiger partial charge in [-0.15, -0.1) is 11.3 Å². The molecule has 4 atom stereocenters. The first-order valence-corrected chi connectivity index (χ1v) is 22.4. The first kappa shape index (κ1) is 42.1. The number of hydrogen-bond acceptors (Lipinski definition) is 12. The number of nitrogens with zero attached hydrogens (tertiary/aromatic N) is 5. The Hall–Kier alpha value is -4.57. The zero-order valence-electron chi connectivity index (χ0n) is 36.1. The fourth-order valence-electron chi connectivity index (χ4n) is 9.05. The Labute approximate surface area is 356 Å². The van der Waals surface area contributed by atoms with Crippen molar-refractivity contribution >= 4 is 45.9 Å². The minimum Gasteiger partial charge on any atom is -0.464 e. The molecule has 3 N–H and O–H groups in total. The first-order valence-electron chi connectivity index (χ1n) is 21.5. The summed E-state index contributed by atoms with van der Waals surface area (Å²) in [5, 5.41) is 7.95. The molecule has 0 saturated carbocycles. The predicted molar refractivity (Wildman–Crippen MR) is 233 cm³/mol. The molecular formula is C45H60N8O6S. The Morgan fingerprint density at radius 3 is 2.72 bits per heavy atom. The third-order valence-corrected chi connectivity index (χ3v) is 13.1. The van der Waals surface area contributed by atoms with Crippen LogP contribution in [0.4, 0.5) is 10.5 Å². The van der Waals surface area contributed by atoms with Gasteiger partial charge in [0.05, 0.1) is 46.7 Å². The number of alkyl carbamates (subject to hydrolysis) is 1. The van der Waals surface area contributed by atoms with Crippen molar-refractivity contribution in [3.63, 3.8) is 0 Å². The summed E-state index contributed by atoms with van der Waals surface area (Å²) in [7, 11) is 1.72. The molecule has 4 aliphatic rings. The number of methoxy groups -OCH3 is 1. The van der Waals surface area contributed by atoms with Crippen LogP contribution in [0.2, 0.25) is 0 Å². The molecule has 4 aliphatic heterocycles. The zero-order valence-corrected chi connectivity index (χ0v) is 36.9. The maximum atomic E-state index is 14.1. The second-order valence-electron chi connectivity index (χ2n) is 18.7. The van der Waals surface area contributed by atoms with E-state index in [0.29, 0.717) is 36.9 Å². The van der Waals surface area contributed by atoms with Crippen molar-refractivity contribution < 1.29 is 28.6 Å². The summed E-state index contributed by atoms with van der Waals surface area (Å²) in [4.78, 5) is 60.0. The molecule has 0 aliphatic carbocycles. The quantitative estimate of drug-likeness (QED) is 0.182. The number of carbonyl (C=O) groups is 3. The lowest BCUT2D eigenvalue weighted by Gasteiger charge is -2.45. The van der Waals surface area contributed by atoms with Crippen LogP contribution in [0.1, 0.15) is 96.0 Å². The fourth-order valence-corrected chi connectivity index (χ4v) is 9.90. The SMILES string of the molecule is CO[C@@H](C)c1ncc(N2CCN3CCCC[C@@H]3C2)cc1-c1[nH]c2ccc3cc2c1CC(C)(C)COC(=O)[C@@H]1CCCN(N1)C(=O)[C@@H](NC(=O)OC(C)(C)C)Cc1nc-3cs1. The van der Waals surface area contributed by atoms with Gasteiger partial charge in [0.1, 0.15) is 17.7 Å². The number of fused-ring (bicyclic) bond motifs is 7. The number of anilines is 1. The minimum absolute atomic E-state index is 0.144. The molecule has 322 valence electrons. The molecule has 6 bridgehead atoms. The van der Waals surface area contributed by atoms with E-state index in [2.05, 4.69) is 63.6 Å². The maximum absolute atomic E-state index is 14.1. The van der Waals surface area contributed by atoms with Crippen LogP contribution in [0.3, 0.4) is 0 Å². The standard InChI is InChI=1S/C45H60N8O6S/c1-27(57-7)39-32(20-30(23-46-39)52-18-17-51-15-9-8-11-29(51)24-52)40-33-22-45(5,6)26-58-42(55)35-12-10-16-53(50-35)41(54)36(49-43(56)59-44(2,3)4)21-38-47-37(25-60-38)28-13-14-34(48-40)31(33)19-28/h13-14,19-20,23,25,27,29,35-36,48,50H,8-12,15-18,21-22,24,26H2,1-7H3,(H,49,56)/t27-,29+,35-,36-/m0/s1. The number of cyclic esters (lactones) is 1. The number of nitrogens with one attached hydrogen (secondary N) is 3. The van der Waals surface area contributed by atoms with Crippen LogP contribution in [0.15, 0.2) is 35.8 Å². The van der Waals surface area contributed by atoms with Gasteiger partial charge < -0.3 is 29.4 Å². The van der Waals surface area contributed by atoms with Crippen molar-refractivity contribution in [2.24, 2.45) is 5.41 Å². The van der Waals surface area contributed by atoms with Gasteiger partial charge in [-0.2, -0.15) is 0 Å². The van der Waals surface area contributed by atoms with Gasteiger partial charge in [0.15, 0.2) is 0 Å². The summed E-state index contributed by atoms with van der Waals surface area (Å²) in [6.07, 6.45) is 6.66. The van der Waals surface area contributed by atoms with E-state index in [0.717, 1.165) is 70.0 Å². The number of ether oxygens (including phenoxy) is 3. The summed E-state index contributed by atoms with van der Waals surface area (Å²) in [6.45, 7) is 16.3. The summed E-state index contributed by atoms with van der Waals surface area (Å²) < 4.78 is 17.6. The number of thiazole rings is 1. The lowest BCUT2D eigenvalue weighted by Crippen LogP contribution is -2.60. The number of pyridine rings is 1. The number of rotatable bonds is 5. The number of hydrazine groups is 1. The van der Waals surface area contributed by atoms with Crippen molar-refractivity contribution in [2.45, 2.75) is 116 Å². The number of esters is 1. The highest BCUT2D eigenvalue weighted by atomic mass is 32.1. The lowest BCUT2D eigenvalue weighted by atomic mass is 9.84. The molecule has 3 saturated heterocycles. The molecule has 15 heteroatoms. The second kappa shape index (κ2) is 17.1. The van der Waals surface area contributed by atoms with Gasteiger partial charge in [-0.05, 0) is 90.1 Å². The van der Waals surface area contributed by atoms with Crippen LogP contribution in [0.25, 0.3) is 33.4 Å². The topological polar surface area (TPSA) is 154 Å². The number of benzene rings is 1. The smallest absolute Gasteiger partial charge is 0.408 e. The van der Waals surface area contributed by atoms with Gasteiger partial charge in [0.2, 0.25) is 0 Å². The molecule has 3 aromatic heterocycles. The van der Waals surface area contributed by atoms with Gasteiger partial charge in [0.25, 0.3) is 5.91 Å². The molecule has 60 heavy (non-hydrogen) atoms. The zero-order chi connectivity index (χ0) is 42.3. The Morgan fingerprint density at radius 2 is 1.92 bits per heavy atom. The minimum atomic E-state index is -0.986. The molecule has 1 aromatic carbocycles. The molecule has 8 rings (SSSR count). The van der Waals surface area contributed by atoms with Gasteiger partial charge in [0, 0.05) is 78.6 Å². The highest BCUT2D eigenvalue weighted by Gasteiger charge is 2.36. The van der Waals surface area contributed by atoms with Crippen LogP contribution in [0.5, 0.6) is 0 Å². The van der Waals surface area contributed by atoms with Crippen molar-refractivity contribution in [3.8, 4) is 22.5 Å². The number of H-pyrrole nitrogens is 1. The Kier molecular flexibility index (Phi) is 12.0. The van der Waals surface area contributed by atoms with E-state index in [4.69, 9.17) is 24.2 Å². The Balaban J connectivity index is 1.21. The van der Waals surface area contributed by atoms with Crippen molar-refractivity contribution in [1.29, 1.82) is 0 Å². The molecule has 2 amide bonds. The number of amides is 2. The van der Waals surface area contributed by atoms with Gasteiger partial charge in [-0.3, -0.25) is 24.5 Å². The first-order chi connectivity index (χ1) is 28.6. The molecule has 3 fully saturated rings. The van der Waals surface area contributed by atoms with E-state index in [9.17, 15) is 14.4 Å². The number of aromatic nitrogens is 3. The summed E-state index contributed by atoms with van der Waals surface area (Å²) >= 11 is 1.44. The van der Waals surface area contributed by atoms with E-state index in [1.54, 1.807) is 27.9 Å². The van der Waals surface area contributed by atoms with Crippen LogP contribution in [-0.2, 0) is 36.6 Å². The predicted octanol–water partition coefficient (Wildman–Crippen LogP) is 6.79. The monoisotopic (exact) mass is 840 g/mol. The molecule has 0 spiro atoms. The van der Waals surface area contributed by atoms with Crippen molar-refractivity contribution in [2.75, 3.05) is 51.3 Å². The number of aromatic amines is 1. The average molecular weight is 841 g/mol. The Bertz CT molecular complexity index is 2230. The third-order valence-electron chi connectivity index (χ3n) is 12.2. The van der Waals surface area contributed by atoms with Gasteiger partial charge in [-0.25, -0.2) is 15.2 Å². The Morgan fingerprint density at radius 1 is 1.08 bits per heavy atom. The number of carbonyl (C=O) groups excluding carboxylic acids is 3. The normalized spacial score (nSPS) is 23.4. The number of piperidine rings is 1. The average Bonchev–Trinajstić information content (AvgIpc) is 3.84. The molecule has 0 unspecified atom stereocenters. The van der Waals surface area contributed by atoms with Crippen LogP contribution in [0, 0.1) is 5.41 Å². The molecule has 4 aromatic rings. The van der Waals surface area contributed by atoms with E-state index in [1.165, 1.54) is 42.2 Å². The summed E-state index contributed by atoms with van der Waals surface area (Å²) in [5.74, 6) is -0.796. The maximum Gasteiger partial charge on any atom is 0.408 e. The highest BCUT2D eigenvalue weighted by Crippen LogP contribution is 2.41. The molecule has 0 radical (unpaired) electrons. The molecular weight excluding hydrogens is 781 g/mol. The van der Waals surface area contributed by atoms with Crippen LogP contribution >= 0.6 is 11.3 Å². The van der Waals surface area contributed by atoms with Crippen molar-refractivity contribution in [3.05, 3.63) is 52.1 Å². The van der Waals surface area contributed by atoms with E-state index < -0.39 is 35.2 Å². The summed E-state index contributed by atoms with van der Waals surface area (Å²) in [6, 6.07) is 7.46. The largest absolute Gasteiger partial charge is 0.464 e. The van der Waals surface area contributed by atoms with E-state index >= 15 is 0 Å². The summed E-state index contributed by atoms with van der Waals surface area (Å²) in [5.41, 5.74) is 9.56. The third kappa shape index (κ3) is 9.19. The van der Waals surface area contributed by atoms with Crippen LogP contribution in [-0.4, -0.2) is 113 Å². The highest BCUT2D eigenvalue weighted by molar-refractivity contribution is 7.10. The molecule has 7 heterocycles. The second-order valence-corrected chi connectivity index (χ2v) is 19.6. The molecule has 14 nitrogen and oxygen atoms in total. The number of piperazine rings is 1. The lowest BCUT2D eigenvalue weighted by molar-refractivity contribution is -0.155. The van der Waals surface area contributed by atoms with Crippen LogP contribution < -0.4 is 15.6 Å². The fraction of sp³-hybridized carbons (Fsp3) is 0.578. The number of hydrogen-bond donors (Lipinski definition) is 3. The van der Waals surface area contributed by atoms with Gasteiger partial charge >= 0.3 is 12.1 Å². The van der Waals surface area contributed by atoms with E-state index in [1.807, 2.05) is 18.5 Å².